The molecule has 0 bridgehead atoms. The molecule has 1 rings (SSSR count). The van der Waals surface area contributed by atoms with Crippen molar-refractivity contribution >= 4 is 17.6 Å². The van der Waals surface area contributed by atoms with Gasteiger partial charge in [0.05, 0.1) is 10.5 Å². The lowest BCUT2D eigenvalue weighted by Gasteiger charge is -2.05. The van der Waals surface area contributed by atoms with E-state index in [2.05, 4.69) is 0 Å². The Morgan fingerprint density at radius 3 is 2.63 bits per heavy atom. The second kappa shape index (κ2) is 6.48. The zero-order valence-corrected chi connectivity index (χ0v) is 10.3. The van der Waals surface area contributed by atoms with Gasteiger partial charge in [0.2, 0.25) is 5.75 Å². The molecule has 0 amide bonds. The van der Waals surface area contributed by atoms with Crippen LogP contribution in [-0.4, -0.2) is 22.0 Å². The van der Waals surface area contributed by atoms with Crippen molar-refractivity contribution in [3.8, 4) is 5.75 Å². The summed E-state index contributed by atoms with van der Waals surface area (Å²) in [6.45, 7) is 1.90. The van der Waals surface area contributed by atoms with Gasteiger partial charge in [-0.1, -0.05) is 13.3 Å². The van der Waals surface area contributed by atoms with E-state index in [0.29, 0.717) is 6.42 Å². The summed E-state index contributed by atoms with van der Waals surface area (Å²) in [5, 5.41) is 19.6. The molecule has 0 aliphatic rings. The first-order chi connectivity index (χ1) is 8.95. The van der Waals surface area contributed by atoms with Crippen LogP contribution in [0.1, 0.15) is 36.5 Å². The normalized spacial score (nSPS) is 9.95. The Hall–Kier alpha value is -2.44. The Labute approximate surface area is 109 Å². The van der Waals surface area contributed by atoms with E-state index in [4.69, 9.17) is 9.84 Å². The molecule has 102 valence electrons. The molecular weight excluding hydrogens is 254 g/mol. The SMILES string of the molecule is CCCCC(=O)Oc1ccc(C(=O)O)cc1[N+](=O)[O-]. The maximum absolute atomic E-state index is 11.4. The summed E-state index contributed by atoms with van der Waals surface area (Å²) in [6, 6.07) is 3.13. The van der Waals surface area contributed by atoms with Gasteiger partial charge < -0.3 is 9.84 Å². The van der Waals surface area contributed by atoms with E-state index < -0.39 is 22.5 Å². The fourth-order valence-corrected chi connectivity index (χ4v) is 1.37. The molecule has 7 heteroatoms. The third-order valence-electron chi connectivity index (χ3n) is 2.36. The van der Waals surface area contributed by atoms with Gasteiger partial charge in [-0.3, -0.25) is 14.9 Å². The Balaban J connectivity index is 2.97. The van der Waals surface area contributed by atoms with E-state index in [1.54, 1.807) is 0 Å². The van der Waals surface area contributed by atoms with Crippen LogP contribution < -0.4 is 4.74 Å². The molecule has 19 heavy (non-hydrogen) atoms. The quantitative estimate of drug-likeness (QED) is 0.367. The summed E-state index contributed by atoms with van der Waals surface area (Å²) in [7, 11) is 0. The van der Waals surface area contributed by atoms with Gasteiger partial charge in [0, 0.05) is 12.5 Å². The highest BCUT2D eigenvalue weighted by atomic mass is 16.6. The number of esters is 1. The molecular formula is C12H13NO6. The topological polar surface area (TPSA) is 107 Å². The molecule has 0 unspecified atom stereocenters. The Morgan fingerprint density at radius 1 is 1.42 bits per heavy atom. The smallest absolute Gasteiger partial charge is 0.335 e. The van der Waals surface area contributed by atoms with Crippen molar-refractivity contribution in [1.82, 2.24) is 0 Å². The van der Waals surface area contributed by atoms with Crippen LogP contribution in [0.5, 0.6) is 5.75 Å². The standard InChI is InChI=1S/C12H13NO6/c1-2-3-4-11(14)19-10-6-5-8(12(15)16)7-9(10)13(17)18/h5-7H,2-4H2,1H3,(H,15,16). The van der Waals surface area contributed by atoms with Crippen LogP contribution in [0.25, 0.3) is 0 Å². The molecule has 0 saturated carbocycles. The van der Waals surface area contributed by atoms with Gasteiger partial charge in [-0.2, -0.15) is 0 Å². The first-order valence-electron chi connectivity index (χ1n) is 5.68. The molecule has 0 fully saturated rings. The molecule has 7 nitrogen and oxygen atoms in total. The van der Waals surface area contributed by atoms with E-state index >= 15 is 0 Å². The third kappa shape index (κ3) is 4.06. The van der Waals surface area contributed by atoms with Crippen LogP contribution >= 0.6 is 0 Å². The average Bonchev–Trinajstić information content (AvgIpc) is 2.36. The van der Waals surface area contributed by atoms with Crippen molar-refractivity contribution in [3.05, 3.63) is 33.9 Å². The van der Waals surface area contributed by atoms with E-state index in [-0.39, 0.29) is 17.7 Å². The minimum atomic E-state index is -1.29. The number of ether oxygens (including phenoxy) is 1. The molecule has 0 spiro atoms. The minimum absolute atomic E-state index is 0.161. The van der Waals surface area contributed by atoms with Crippen molar-refractivity contribution in [2.24, 2.45) is 0 Å². The fourth-order valence-electron chi connectivity index (χ4n) is 1.37. The van der Waals surface area contributed by atoms with Crippen LogP contribution in [0.4, 0.5) is 5.69 Å². The second-order valence-electron chi connectivity index (χ2n) is 3.82. The number of benzene rings is 1. The van der Waals surface area contributed by atoms with Gasteiger partial charge in [0.15, 0.2) is 0 Å². The zero-order valence-electron chi connectivity index (χ0n) is 10.3. The van der Waals surface area contributed by atoms with Crippen molar-refractivity contribution in [2.75, 3.05) is 0 Å². The number of rotatable bonds is 6. The van der Waals surface area contributed by atoms with Crippen molar-refractivity contribution in [3.63, 3.8) is 0 Å². The summed E-state index contributed by atoms with van der Waals surface area (Å²) in [5.74, 6) is -2.10. The second-order valence-corrected chi connectivity index (χ2v) is 3.82. The van der Waals surface area contributed by atoms with E-state index in [0.717, 1.165) is 24.6 Å². The maximum atomic E-state index is 11.4. The third-order valence-corrected chi connectivity index (χ3v) is 2.36. The van der Waals surface area contributed by atoms with Crippen LogP contribution in [0.2, 0.25) is 0 Å². The molecule has 0 saturated heterocycles. The minimum Gasteiger partial charge on any atom is -0.478 e. The number of carboxylic acid groups (broad SMARTS) is 1. The number of aromatic carboxylic acids is 1. The van der Waals surface area contributed by atoms with Crippen LogP contribution in [0, 0.1) is 10.1 Å². The van der Waals surface area contributed by atoms with Crippen molar-refractivity contribution in [1.29, 1.82) is 0 Å². The van der Waals surface area contributed by atoms with Gasteiger partial charge in [0.1, 0.15) is 0 Å². The summed E-state index contributed by atoms with van der Waals surface area (Å²) in [4.78, 5) is 32.2. The largest absolute Gasteiger partial charge is 0.478 e. The number of carbonyl (C=O) groups is 2. The summed E-state index contributed by atoms with van der Waals surface area (Å²) in [6.07, 6.45) is 1.59. The van der Waals surface area contributed by atoms with Crippen LogP contribution in [-0.2, 0) is 4.79 Å². The van der Waals surface area contributed by atoms with Crippen molar-refractivity contribution < 1.29 is 24.4 Å². The van der Waals surface area contributed by atoms with Gasteiger partial charge in [-0.05, 0) is 18.6 Å². The molecule has 0 atom stereocenters. The van der Waals surface area contributed by atoms with E-state index in [1.807, 2.05) is 6.92 Å². The van der Waals surface area contributed by atoms with Gasteiger partial charge in [-0.15, -0.1) is 0 Å². The summed E-state index contributed by atoms with van der Waals surface area (Å²) in [5.41, 5.74) is -0.773. The van der Waals surface area contributed by atoms with Crippen LogP contribution in [0.15, 0.2) is 18.2 Å². The molecule has 1 aromatic carbocycles. The Morgan fingerprint density at radius 2 is 2.11 bits per heavy atom. The first kappa shape index (κ1) is 14.6. The average molecular weight is 267 g/mol. The summed E-state index contributed by atoms with van der Waals surface area (Å²) < 4.78 is 4.87. The number of carbonyl (C=O) groups excluding carboxylic acids is 1. The molecule has 0 radical (unpaired) electrons. The number of carboxylic acids is 1. The highest BCUT2D eigenvalue weighted by Crippen LogP contribution is 2.28. The summed E-state index contributed by atoms with van der Waals surface area (Å²) >= 11 is 0. The van der Waals surface area contributed by atoms with Gasteiger partial charge >= 0.3 is 17.6 Å². The van der Waals surface area contributed by atoms with E-state index in [9.17, 15) is 19.7 Å². The Kier molecular flexibility index (Phi) is 4.99. The number of hydrogen-bond acceptors (Lipinski definition) is 5. The fraction of sp³-hybridized carbons (Fsp3) is 0.333. The number of unbranched alkanes of at least 4 members (excludes halogenated alkanes) is 1. The van der Waals surface area contributed by atoms with Crippen molar-refractivity contribution in [2.45, 2.75) is 26.2 Å². The molecule has 0 aliphatic carbocycles. The lowest BCUT2D eigenvalue weighted by atomic mass is 10.2. The van der Waals surface area contributed by atoms with Gasteiger partial charge in [0.25, 0.3) is 0 Å². The van der Waals surface area contributed by atoms with Gasteiger partial charge in [-0.25, -0.2) is 4.79 Å². The number of hydrogen-bond donors (Lipinski definition) is 1. The number of nitro groups is 1. The predicted octanol–water partition coefficient (Wildman–Crippen LogP) is 2.39. The molecule has 0 aromatic heterocycles. The lowest BCUT2D eigenvalue weighted by Crippen LogP contribution is -2.09. The maximum Gasteiger partial charge on any atom is 0.335 e. The zero-order chi connectivity index (χ0) is 14.4. The lowest BCUT2D eigenvalue weighted by molar-refractivity contribution is -0.385. The molecule has 0 aliphatic heterocycles. The predicted molar refractivity (Wildman–Crippen MR) is 65.2 cm³/mol. The molecule has 0 heterocycles. The Bertz CT molecular complexity index is 511. The molecule has 1 aromatic rings. The number of nitro benzene ring substituents is 1. The van der Waals surface area contributed by atoms with Crippen LogP contribution in [0.3, 0.4) is 0 Å². The highest BCUT2D eigenvalue weighted by Gasteiger charge is 2.20. The number of nitrogens with zero attached hydrogens (tertiary/aromatic N) is 1. The monoisotopic (exact) mass is 267 g/mol. The highest BCUT2D eigenvalue weighted by molar-refractivity contribution is 5.89. The van der Waals surface area contributed by atoms with E-state index in [1.165, 1.54) is 0 Å². The molecule has 1 N–H and O–H groups in total. The first-order valence-corrected chi connectivity index (χ1v) is 5.68.